The van der Waals surface area contributed by atoms with Gasteiger partial charge in [-0.2, -0.15) is 0 Å². The number of benzene rings is 2. The second-order valence-corrected chi connectivity index (χ2v) is 8.37. The Morgan fingerprint density at radius 2 is 1.85 bits per heavy atom. The molecule has 1 aliphatic heterocycles. The maximum atomic E-state index is 12.9. The molecule has 0 bridgehead atoms. The minimum Gasteiger partial charge on any atom is -0.491 e. The molecule has 1 saturated heterocycles. The number of amides is 1. The van der Waals surface area contributed by atoms with E-state index < -0.39 is 0 Å². The van der Waals surface area contributed by atoms with Crippen LogP contribution in [0.3, 0.4) is 0 Å². The van der Waals surface area contributed by atoms with Crippen LogP contribution in [0.4, 0.5) is 5.69 Å². The third-order valence-electron chi connectivity index (χ3n) is 4.63. The number of carbonyl (C=O) groups is 1. The van der Waals surface area contributed by atoms with Gasteiger partial charge in [0.05, 0.1) is 16.7 Å². The van der Waals surface area contributed by atoms with Crippen LogP contribution in [0.5, 0.6) is 5.75 Å². The number of thiocarbonyl (C=S) groups is 1. The van der Waals surface area contributed by atoms with Crippen molar-refractivity contribution in [1.29, 1.82) is 0 Å². The molecule has 27 heavy (non-hydrogen) atoms. The third kappa shape index (κ3) is 4.42. The number of hydrogen-bond donors (Lipinski definition) is 0. The van der Waals surface area contributed by atoms with Crippen LogP contribution in [-0.4, -0.2) is 16.3 Å². The van der Waals surface area contributed by atoms with Crippen molar-refractivity contribution in [1.82, 2.24) is 0 Å². The standard InChI is InChI=1S/C22H23NO2S2/c1-5-16(4)25-19-10-7-17(8-11-19)13-20-21(24)23(22(26)27-20)18-9-6-14(2)15(3)12-18/h6-13,16H,5H2,1-4H3/b20-13+. The molecule has 0 radical (unpaired) electrons. The maximum absolute atomic E-state index is 12.9. The molecule has 3 nitrogen and oxygen atoms in total. The molecule has 0 N–H and O–H groups in total. The highest BCUT2D eigenvalue weighted by atomic mass is 32.2. The lowest BCUT2D eigenvalue weighted by atomic mass is 10.1. The highest BCUT2D eigenvalue weighted by molar-refractivity contribution is 8.27. The molecule has 2 aromatic carbocycles. The fraction of sp³-hybridized carbons (Fsp3) is 0.273. The average molecular weight is 398 g/mol. The Hall–Kier alpha value is -2.11. The van der Waals surface area contributed by atoms with Crippen molar-refractivity contribution < 1.29 is 9.53 Å². The number of thioether (sulfide) groups is 1. The summed E-state index contributed by atoms with van der Waals surface area (Å²) in [5, 5.41) is 0. The fourth-order valence-corrected chi connectivity index (χ4v) is 3.96. The van der Waals surface area contributed by atoms with E-state index in [1.165, 1.54) is 17.3 Å². The van der Waals surface area contributed by atoms with E-state index in [9.17, 15) is 4.79 Å². The lowest BCUT2D eigenvalue weighted by Crippen LogP contribution is -2.27. The minimum atomic E-state index is -0.0758. The summed E-state index contributed by atoms with van der Waals surface area (Å²) in [5.74, 6) is 0.761. The zero-order valence-corrected chi connectivity index (χ0v) is 17.6. The predicted octanol–water partition coefficient (Wildman–Crippen LogP) is 5.89. The molecule has 1 amide bonds. The summed E-state index contributed by atoms with van der Waals surface area (Å²) >= 11 is 6.80. The Bertz CT molecular complexity index is 903. The molecule has 3 rings (SSSR count). The van der Waals surface area contributed by atoms with E-state index >= 15 is 0 Å². The first kappa shape index (κ1) is 19.6. The first-order chi connectivity index (χ1) is 12.9. The Kier molecular flexibility index (Phi) is 6.02. The number of ether oxygens (including phenoxy) is 1. The van der Waals surface area contributed by atoms with Crippen molar-refractivity contribution >= 4 is 46.0 Å². The fourth-order valence-electron chi connectivity index (χ4n) is 2.66. The largest absolute Gasteiger partial charge is 0.491 e. The number of carbonyl (C=O) groups excluding carboxylic acids is 1. The Labute approximate surface area is 170 Å². The summed E-state index contributed by atoms with van der Waals surface area (Å²) in [6.07, 6.45) is 3.03. The zero-order valence-electron chi connectivity index (χ0n) is 16.0. The van der Waals surface area contributed by atoms with Crippen LogP contribution in [0.1, 0.15) is 37.0 Å². The van der Waals surface area contributed by atoms with Gasteiger partial charge >= 0.3 is 0 Å². The zero-order chi connectivity index (χ0) is 19.6. The lowest BCUT2D eigenvalue weighted by molar-refractivity contribution is -0.113. The molecule has 5 heteroatoms. The quantitative estimate of drug-likeness (QED) is 0.465. The molecule has 1 aliphatic rings. The average Bonchev–Trinajstić information content (AvgIpc) is 2.92. The van der Waals surface area contributed by atoms with E-state index in [0.717, 1.165) is 29.0 Å². The van der Waals surface area contributed by atoms with E-state index in [2.05, 4.69) is 13.8 Å². The Balaban J connectivity index is 1.80. The highest BCUT2D eigenvalue weighted by Crippen LogP contribution is 2.36. The normalized spacial score (nSPS) is 16.9. The second-order valence-electron chi connectivity index (χ2n) is 6.69. The molecular formula is C22H23NO2S2. The van der Waals surface area contributed by atoms with Gasteiger partial charge in [0.25, 0.3) is 5.91 Å². The van der Waals surface area contributed by atoms with Crippen LogP contribution in [-0.2, 0) is 4.79 Å². The monoisotopic (exact) mass is 397 g/mol. The van der Waals surface area contributed by atoms with Crippen LogP contribution >= 0.6 is 24.0 Å². The molecule has 1 heterocycles. The predicted molar refractivity (Wildman–Crippen MR) is 118 cm³/mol. The van der Waals surface area contributed by atoms with E-state index in [4.69, 9.17) is 17.0 Å². The number of nitrogens with zero attached hydrogens (tertiary/aromatic N) is 1. The van der Waals surface area contributed by atoms with Crippen molar-refractivity contribution in [2.24, 2.45) is 0 Å². The van der Waals surface area contributed by atoms with Crippen LogP contribution in [0.25, 0.3) is 6.08 Å². The van der Waals surface area contributed by atoms with Gasteiger partial charge in [0, 0.05) is 0 Å². The van der Waals surface area contributed by atoms with Gasteiger partial charge < -0.3 is 4.74 Å². The van der Waals surface area contributed by atoms with Gasteiger partial charge in [-0.1, -0.05) is 49.1 Å². The van der Waals surface area contributed by atoms with Crippen molar-refractivity contribution in [3.05, 3.63) is 64.1 Å². The summed E-state index contributed by atoms with van der Waals surface area (Å²) in [5.41, 5.74) is 4.11. The van der Waals surface area contributed by atoms with E-state index in [-0.39, 0.29) is 12.0 Å². The van der Waals surface area contributed by atoms with Crippen molar-refractivity contribution in [3.8, 4) is 5.75 Å². The highest BCUT2D eigenvalue weighted by Gasteiger charge is 2.33. The van der Waals surface area contributed by atoms with Gasteiger partial charge in [-0.05, 0) is 74.2 Å². The van der Waals surface area contributed by atoms with Crippen LogP contribution in [0.15, 0.2) is 47.4 Å². The van der Waals surface area contributed by atoms with E-state index in [1.807, 2.05) is 62.4 Å². The van der Waals surface area contributed by atoms with Gasteiger partial charge in [-0.15, -0.1) is 0 Å². The third-order valence-corrected chi connectivity index (χ3v) is 5.93. The molecular weight excluding hydrogens is 374 g/mol. The molecule has 1 unspecified atom stereocenters. The molecule has 1 atom stereocenters. The SMILES string of the molecule is CCC(C)Oc1ccc(/C=C2/SC(=S)N(c3ccc(C)c(C)c3)C2=O)cc1. The summed E-state index contributed by atoms with van der Waals surface area (Å²) in [4.78, 5) is 15.1. The Morgan fingerprint density at radius 3 is 2.48 bits per heavy atom. The van der Waals surface area contributed by atoms with E-state index in [1.54, 1.807) is 4.90 Å². The van der Waals surface area contributed by atoms with Crippen molar-refractivity contribution in [2.75, 3.05) is 4.90 Å². The molecule has 0 aromatic heterocycles. The molecule has 1 fully saturated rings. The number of hydrogen-bond acceptors (Lipinski definition) is 4. The molecule has 0 spiro atoms. The number of anilines is 1. The van der Waals surface area contributed by atoms with Crippen molar-refractivity contribution in [3.63, 3.8) is 0 Å². The number of rotatable bonds is 5. The molecule has 2 aromatic rings. The van der Waals surface area contributed by atoms with E-state index in [0.29, 0.717) is 9.23 Å². The van der Waals surface area contributed by atoms with Crippen LogP contribution in [0, 0.1) is 13.8 Å². The first-order valence-corrected chi connectivity index (χ1v) is 10.2. The minimum absolute atomic E-state index is 0.0758. The molecule has 0 aliphatic carbocycles. The topological polar surface area (TPSA) is 29.5 Å². The maximum Gasteiger partial charge on any atom is 0.270 e. The number of aryl methyl sites for hydroxylation is 2. The van der Waals surface area contributed by atoms with Crippen molar-refractivity contribution in [2.45, 2.75) is 40.2 Å². The van der Waals surface area contributed by atoms with Gasteiger partial charge in [-0.25, -0.2) is 0 Å². The summed E-state index contributed by atoms with van der Waals surface area (Å²) in [6, 6.07) is 13.7. The summed E-state index contributed by atoms with van der Waals surface area (Å²) in [7, 11) is 0. The van der Waals surface area contributed by atoms with Crippen LogP contribution < -0.4 is 9.64 Å². The smallest absolute Gasteiger partial charge is 0.270 e. The Morgan fingerprint density at radius 1 is 1.15 bits per heavy atom. The second kappa shape index (κ2) is 8.28. The molecule has 140 valence electrons. The summed E-state index contributed by atoms with van der Waals surface area (Å²) in [6.45, 7) is 8.23. The summed E-state index contributed by atoms with van der Waals surface area (Å²) < 4.78 is 6.36. The lowest BCUT2D eigenvalue weighted by Gasteiger charge is -2.16. The van der Waals surface area contributed by atoms with Crippen LogP contribution in [0.2, 0.25) is 0 Å². The first-order valence-electron chi connectivity index (χ1n) is 9.01. The molecule has 0 saturated carbocycles. The van der Waals surface area contributed by atoms with Gasteiger partial charge in [-0.3, -0.25) is 9.69 Å². The van der Waals surface area contributed by atoms with Gasteiger partial charge in [0.15, 0.2) is 4.32 Å². The van der Waals surface area contributed by atoms with Gasteiger partial charge in [0.1, 0.15) is 5.75 Å². The van der Waals surface area contributed by atoms with Gasteiger partial charge in [0.2, 0.25) is 0 Å².